The molecule has 0 radical (unpaired) electrons. The smallest absolute Gasteiger partial charge is 0.270 e. The fourth-order valence-corrected chi connectivity index (χ4v) is 2.71. The number of benzene rings is 2. The summed E-state index contributed by atoms with van der Waals surface area (Å²) in [6.45, 7) is 1.09. The van der Waals surface area contributed by atoms with Gasteiger partial charge in [0, 0.05) is 24.2 Å². The summed E-state index contributed by atoms with van der Waals surface area (Å²) in [4.78, 5) is 20.6. The van der Waals surface area contributed by atoms with E-state index in [1.54, 1.807) is 25.3 Å². The fraction of sp³-hybridized carbons (Fsp3) is 0.190. The third kappa shape index (κ3) is 5.69. The Labute approximate surface area is 168 Å². The Kier molecular flexibility index (Phi) is 6.81. The predicted molar refractivity (Wildman–Crippen MR) is 110 cm³/mol. The molecule has 0 bridgehead atoms. The van der Waals surface area contributed by atoms with Gasteiger partial charge in [-0.25, -0.2) is 9.97 Å². The number of rotatable bonds is 8. The highest BCUT2D eigenvalue weighted by Crippen LogP contribution is 2.12. The number of aromatic nitrogens is 2. The largest absolute Gasteiger partial charge is 0.497 e. The lowest BCUT2D eigenvalue weighted by Gasteiger charge is -2.08. The summed E-state index contributed by atoms with van der Waals surface area (Å²) in [7, 11) is 1.65. The van der Waals surface area contributed by atoms with E-state index in [4.69, 9.17) is 16.3 Å². The highest BCUT2D eigenvalue weighted by molar-refractivity contribution is 6.30. The van der Waals surface area contributed by atoms with Gasteiger partial charge in [0.05, 0.1) is 7.11 Å². The SMILES string of the molecule is COc1ccc(CCNc2cc(C(=O)NCc3ccc(Cl)cc3)ncn2)cc1. The second kappa shape index (κ2) is 9.71. The molecule has 144 valence electrons. The molecule has 2 N–H and O–H groups in total. The molecule has 0 aliphatic rings. The number of nitrogens with zero attached hydrogens (tertiary/aromatic N) is 2. The minimum Gasteiger partial charge on any atom is -0.497 e. The first kappa shape index (κ1) is 19.6. The Morgan fingerprint density at radius 1 is 1.04 bits per heavy atom. The lowest BCUT2D eigenvalue weighted by Crippen LogP contribution is -2.24. The van der Waals surface area contributed by atoms with Crippen LogP contribution in [0.15, 0.2) is 60.9 Å². The monoisotopic (exact) mass is 396 g/mol. The van der Waals surface area contributed by atoms with Gasteiger partial charge in [0.1, 0.15) is 23.6 Å². The van der Waals surface area contributed by atoms with Gasteiger partial charge in [0.2, 0.25) is 0 Å². The highest BCUT2D eigenvalue weighted by Gasteiger charge is 2.08. The summed E-state index contributed by atoms with van der Waals surface area (Å²) in [5.74, 6) is 1.19. The van der Waals surface area contributed by atoms with E-state index in [0.717, 1.165) is 17.7 Å². The van der Waals surface area contributed by atoms with Crippen LogP contribution in [0.5, 0.6) is 5.75 Å². The van der Waals surface area contributed by atoms with Gasteiger partial charge in [-0.2, -0.15) is 0 Å². The Bertz CT molecular complexity index is 914. The van der Waals surface area contributed by atoms with Gasteiger partial charge in [-0.05, 0) is 41.8 Å². The number of nitrogens with one attached hydrogen (secondary N) is 2. The van der Waals surface area contributed by atoms with Crippen molar-refractivity contribution in [1.82, 2.24) is 15.3 Å². The van der Waals surface area contributed by atoms with Gasteiger partial charge >= 0.3 is 0 Å². The van der Waals surface area contributed by atoms with Crippen molar-refractivity contribution >= 4 is 23.3 Å². The molecule has 0 spiro atoms. The minimum absolute atomic E-state index is 0.254. The van der Waals surface area contributed by atoms with Crippen molar-refractivity contribution in [2.75, 3.05) is 19.0 Å². The lowest BCUT2D eigenvalue weighted by molar-refractivity contribution is 0.0946. The second-order valence-corrected chi connectivity index (χ2v) is 6.56. The maximum absolute atomic E-state index is 12.3. The number of hydrogen-bond acceptors (Lipinski definition) is 5. The van der Waals surface area contributed by atoms with Crippen molar-refractivity contribution in [2.45, 2.75) is 13.0 Å². The summed E-state index contributed by atoms with van der Waals surface area (Å²) in [6, 6.07) is 16.9. The number of halogens is 1. The van der Waals surface area contributed by atoms with Crippen molar-refractivity contribution < 1.29 is 9.53 Å². The molecular weight excluding hydrogens is 376 g/mol. The zero-order valence-corrected chi connectivity index (χ0v) is 16.2. The topological polar surface area (TPSA) is 76.1 Å². The molecule has 6 nitrogen and oxygen atoms in total. The first-order chi connectivity index (χ1) is 13.6. The first-order valence-corrected chi connectivity index (χ1v) is 9.23. The van der Waals surface area contributed by atoms with Crippen molar-refractivity contribution in [3.63, 3.8) is 0 Å². The number of methoxy groups -OCH3 is 1. The number of hydrogen-bond donors (Lipinski definition) is 2. The van der Waals surface area contributed by atoms with Crippen LogP contribution in [0.4, 0.5) is 5.82 Å². The molecule has 3 aromatic rings. The molecular formula is C21H21ClN4O2. The molecule has 0 atom stereocenters. The summed E-state index contributed by atoms with van der Waals surface area (Å²) in [5.41, 5.74) is 2.46. The molecule has 0 unspecified atom stereocenters. The van der Waals surface area contributed by atoms with E-state index < -0.39 is 0 Å². The van der Waals surface area contributed by atoms with E-state index in [2.05, 4.69) is 20.6 Å². The number of carbonyl (C=O) groups is 1. The third-order valence-electron chi connectivity index (χ3n) is 4.14. The quantitative estimate of drug-likeness (QED) is 0.606. The van der Waals surface area contributed by atoms with Gasteiger partial charge in [-0.1, -0.05) is 35.9 Å². The van der Waals surface area contributed by atoms with Crippen LogP contribution < -0.4 is 15.4 Å². The molecule has 2 aromatic carbocycles. The van der Waals surface area contributed by atoms with Gasteiger partial charge in [-0.15, -0.1) is 0 Å². The molecule has 28 heavy (non-hydrogen) atoms. The fourth-order valence-electron chi connectivity index (χ4n) is 2.58. The maximum Gasteiger partial charge on any atom is 0.270 e. The Hall–Kier alpha value is -3.12. The van der Waals surface area contributed by atoms with Crippen LogP contribution in [-0.2, 0) is 13.0 Å². The first-order valence-electron chi connectivity index (χ1n) is 8.85. The molecule has 0 saturated carbocycles. The zero-order chi connectivity index (χ0) is 19.8. The maximum atomic E-state index is 12.3. The molecule has 1 aromatic heterocycles. The van der Waals surface area contributed by atoms with Gasteiger partial charge in [-0.3, -0.25) is 4.79 Å². The molecule has 0 aliphatic carbocycles. The Balaban J connectivity index is 1.50. The summed E-state index contributed by atoms with van der Waals surface area (Å²) < 4.78 is 5.16. The Morgan fingerprint density at radius 2 is 1.75 bits per heavy atom. The van der Waals surface area contributed by atoms with Gasteiger partial charge < -0.3 is 15.4 Å². The van der Waals surface area contributed by atoms with E-state index in [1.165, 1.54) is 11.9 Å². The Morgan fingerprint density at radius 3 is 2.46 bits per heavy atom. The molecule has 0 aliphatic heterocycles. The number of carbonyl (C=O) groups excluding carboxylic acids is 1. The van der Waals surface area contributed by atoms with Gasteiger partial charge in [0.15, 0.2) is 0 Å². The number of amides is 1. The van der Waals surface area contributed by atoms with Crippen LogP contribution >= 0.6 is 11.6 Å². The molecule has 0 fully saturated rings. The van der Waals surface area contributed by atoms with E-state index in [0.29, 0.717) is 29.6 Å². The van der Waals surface area contributed by atoms with Crippen LogP contribution in [0.3, 0.4) is 0 Å². The van der Waals surface area contributed by atoms with Crippen LogP contribution in [-0.4, -0.2) is 29.5 Å². The van der Waals surface area contributed by atoms with Crippen molar-refractivity contribution in [3.8, 4) is 5.75 Å². The zero-order valence-electron chi connectivity index (χ0n) is 15.5. The van der Waals surface area contributed by atoms with Crippen LogP contribution in [0.1, 0.15) is 21.6 Å². The summed E-state index contributed by atoms with van der Waals surface area (Å²) in [5, 5.41) is 6.73. The second-order valence-electron chi connectivity index (χ2n) is 6.12. The van der Waals surface area contributed by atoms with E-state index in [1.807, 2.05) is 36.4 Å². The predicted octanol–water partition coefficient (Wildman–Crippen LogP) is 3.72. The minimum atomic E-state index is -0.254. The van der Waals surface area contributed by atoms with Crippen molar-refractivity contribution in [3.05, 3.63) is 82.8 Å². The molecule has 1 amide bonds. The number of anilines is 1. The molecule has 0 saturated heterocycles. The van der Waals surface area contributed by atoms with Crippen LogP contribution in [0, 0.1) is 0 Å². The van der Waals surface area contributed by atoms with E-state index >= 15 is 0 Å². The molecule has 1 heterocycles. The normalized spacial score (nSPS) is 10.4. The van der Waals surface area contributed by atoms with Crippen LogP contribution in [0.25, 0.3) is 0 Å². The third-order valence-corrected chi connectivity index (χ3v) is 4.40. The van der Waals surface area contributed by atoms with Crippen LogP contribution in [0.2, 0.25) is 5.02 Å². The van der Waals surface area contributed by atoms with E-state index in [9.17, 15) is 4.79 Å². The highest BCUT2D eigenvalue weighted by atomic mass is 35.5. The lowest BCUT2D eigenvalue weighted by atomic mass is 10.1. The molecule has 3 rings (SSSR count). The average Bonchev–Trinajstić information content (AvgIpc) is 2.74. The van der Waals surface area contributed by atoms with Crippen molar-refractivity contribution in [2.24, 2.45) is 0 Å². The summed E-state index contributed by atoms with van der Waals surface area (Å²) in [6.07, 6.45) is 2.21. The summed E-state index contributed by atoms with van der Waals surface area (Å²) >= 11 is 5.87. The standard InChI is InChI=1S/C21H21ClN4O2/c1-28-18-8-4-15(5-9-18)10-11-23-20-12-19(25-14-26-20)21(27)24-13-16-2-6-17(22)7-3-16/h2-9,12,14H,10-11,13H2,1H3,(H,24,27)(H,23,25,26). The number of ether oxygens (including phenoxy) is 1. The average molecular weight is 397 g/mol. The van der Waals surface area contributed by atoms with Gasteiger partial charge in [0.25, 0.3) is 5.91 Å². The molecule has 7 heteroatoms. The van der Waals surface area contributed by atoms with E-state index in [-0.39, 0.29) is 5.91 Å². The van der Waals surface area contributed by atoms with Crippen molar-refractivity contribution in [1.29, 1.82) is 0 Å².